The summed E-state index contributed by atoms with van der Waals surface area (Å²) in [5.74, 6) is 0.942. The highest BCUT2D eigenvalue weighted by Gasteiger charge is 2.34. The molecule has 1 saturated heterocycles. The van der Waals surface area contributed by atoms with Gasteiger partial charge in [-0.3, -0.25) is 4.79 Å². The van der Waals surface area contributed by atoms with E-state index in [1.807, 2.05) is 18.3 Å². The summed E-state index contributed by atoms with van der Waals surface area (Å²) < 4.78 is 20.2. The predicted octanol–water partition coefficient (Wildman–Crippen LogP) is 1.77. The predicted molar refractivity (Wildman–Crippen MR) is 127 cm³/mol. The van der Waals surface area contributed by atoms with Crippen molar-refractivity contribution in [2.24, 2.45) is 0 Å². The van der Waals surface area contributed by atoms with Gasteiger partial charge in [0.25, 0.3) is 5.91 Å². The number of ether oxygens (including phenoxy) is 3. The number of hydrogen-bond donors (Lipinski definition) is 2. The van der Waals surface area contributed by atoms with Gasteiger partial charge < -0.3 is 29.8 Å². The number of nitrogen functional groups attached to an aromatic ring is 1. The molecular weight excluding hydrogens is 450 g/mol. The molecule has 5 heterocycles. The fraction of sp³-hybridized carbons (Fsp3) is 0.417. The van der Waals surface area contributed by atoms with Crippen molar-refractivity contribution in [3.63, 3.8) is 0 Å². The van der Waals surface area contributed by atoms with E-state index in [9.17, 15) is 4.79 Å². The van der Waals surface area contributed by atoms with Crippen LogP contribution in [0.25, 0.3) is 28.3 Å². The molecule has 3 aliphatic heterocycles. The minimum absolute atomic E-state index is 0.0165. The number of carbonyl (C=O) groups excluding carboxylic acids is 1. The van der Waals surface area contributed by atoms with Crippen LogP contribution in [0.2, 0.25) is 0 Å². The average Bonchev–Trinajstić information content (AvgIpc) is 3.59. The van der Waals surface area contributed by atoms with Crippen LogP contribution in [0.3, 0.4) is 0 Å². The second kappa shape index (κ2) is 8.59. The van der Waals surface area contributed by atoms with Crippen molar-refractivity contribution in [1.29, 1.82) is 0 Å². The van der Waals surface area contributed by atoms with Crippen molar-refractivity contribution in [1.82, 2.24) is 29.5 Å². The molecule has 0 radical (unpaired) electrons. The zero-order chi connectivity index (χ0) is 24.1. The Bertz CT molecular complexity index is 1360. The number of nitrogens with zero attached hydrogens (tertiary/aromatic N) is 5. The average molecular weight is 478 g/mol. The van der Waals surface area contributed by atoms with Crippen LogP contribution >= 0.6 is 0 Å². The van der Waals surface area contributed by atoms with Gasteiger partial charge in [0.15, 0.2) is 5.65 Å². The molecule has 11 heteroatoms. The fourth-order valence-corrected chi connectivity index (χ4v) is 4.98. The maximum atomic E-state index is 13.0. The van der Waals surface area contributed by atoms with Crippen molar-refractivity contribution in [2.75, 3.05) is 33.2 Å². The van der Waals surface area contributed by atoms with Gasteiger partial charge in [0.1, 0.15) is 23.3 Å². The Hall–Kier alpha value is -3.54. The lowest BCUT2D eigenvalue weighted by atomic mass is 9.89. The molecule has 1 unspecified atom stereocenters. The number of nitrogens with two attached hydrogens (primary N) is 1. The Morgan fingerprint density at radius 3 is 2.80 bits per heavy atom. The summed E-state index contributed by atoms with van der Waals surface area (Å²) in [6.45, 7) is 1.10. The molecule has 4 atom stereocenters. The molecule has 182 valence electrons. The molecule has 1 saturated carbocycles. The number of carbonyl (C=O) groups is 1. The fourth-order valence-electron chi connectivity index (χ4n) is 4.98. The third-order valence-electron chi connectivity index (χ3n) is 7.11. The van der Waals surface area contributed by atoms with Crippen molar-refractivity contribution < 1.29 is 19.0 Å². The quantitative estimate of drug-likeness (QED) is 0.430. The summed E-state index contributed by atoms with van der Waals surface area (Å²) in [6.07, 6.45) is 7.07. The monoisotopic (exact) mass is 477 g/mol. The van der Waals surface area contributed by atoms with Crippen molar-refractivity contribution in [2.45, 2.75) is 37.1 Å². The zero-order valence-corrected chi connectivity index (χ0v) is 19.5. The van der Waals surface area contributed by atoms with Gasteiger partial charge >= 0.3 is 0 Å². The molecule has 11 nitrogen and oxygen atoms in total. The molecule has 0 bridgehead atoms. The summed E-state index contributed by atoms with van der Waals surface area (Å²) in [6, 6.07) is 5.73. The summed E-state index contributed by atoms with van der Waals surface area (Å²) in [7, 11) is 3.35. The van der Waals surface area contributed by atoms with E-state index >= 15 is 0 Å². The minimum atomic E-state index is -0.244. The molecule has 2 aromatic rings. The topological polar surface area (TPSA) is 131 Å². The highest BCUT2D eigenvalue weighted by molar-refractivity contribution is 6.00. The molecule has 35 heavy (non-hydrogen) atoms. The summed E-state index contributed by atoms with van der Waals surface area (Å²) in [5.41, 5.74) is 9.45. The number of amides is 1. The van der Waals surface area contributed by atoms with Gasteiger partial charge in [-0.1, -0.05) is 0 Å². The third-order valence-corrected chi connectivity index (χ3v) is 7.11. The smallest absolute Gasteiger partial charge is 0.257 e. The molecule has 0 spiro atoms. The first-order chi connectivity index (χ1) is 17.1. The van der Waals surface area contributed by atoms with Gasteiger partial charge in [-0.05, 0) is 25.0 Å². The van der Waals surface area contributed by atoms with E-state index in [1.54, 1.807) is 26.5 Å². The SMILES string of the molecule is CO[C@H]1CCC1NC(=O)c1cnn2c(N)cc(-c3cnc4n([C@H]5COC[C@@H]5OC)cccc3-4)nc12. The lowest BCUT2D eigenvalue weighted by Gasteiger charge is -2.35. The van der Waals surface area contributed by atoms with Crippen LogP contribution in [0.4, 0.5) is 5.82 Å². The third kappa shape index (κ3) is 3.54. The van der Waals surface area contributed by atoms with Gasteiger partial charge in [-0.25, -0.2) is 9.97 Å². The second-order valence-electron chi connectivity index (χ2n) is 8.99. The van der Waals surface area contributed by atoms with Crippen LogP contribution in [0.1, 0.15) is 29.2 Å². The van der Waals surface area contributed by atoms with Gasteiger partial charge in [0.05, 0.1) is 43.3 Å². The number of fused-ring (bicyclic) bond motifs is 2. The van der Waals surface area contributed by atoms with Crippen molar-refractivity contribution >= 4 is 17.4 Å². The maximum Gasteiger partial charge on any atom is 0.257 e. The van der Waals surface area contributed by atoms with Crippen LogP contribution in [0.15, 0.2) is 36.8 Å². The molecule has 3 N–H and O–H groups in total. The van der Waals surface area contributed by atoms with Crippen LogP contribution in [0, 0.1) is 0 Å². The number of aromatic nitrogens is 5. The lowest BCUT2D eigenvalue weighted by Crippen LogP contribution is -2.51. The van der Waals surface area contributed by atoms with Gasteiger partial charge in [0, 0.05) is 43.8 Å². The Morgan fingerprint density at radius 1 is 1.17 bits per heavy atom. The van der Waals surface area contributed by atoms with Gasteiger partial charge in [-0.15, -0.1) is 0 Å². The lowest BCUT2D eigenvalue weighted by molar-refractivity contribution is 0.00732. The number of hydrogen-bond acceptors (Lipinski definition) is 8. The van der Waals surface area contributed by atoms with Crippen LogP contribution in [-0.2, 0) is 14.2 Å². The van der Waals surface area contributed by atoms with Gasteiger partial charge in [-0.2, -0.15) is 9.61 Å². The zero-order valence-electron chi connectivity index (χ0n) is 19.5. The molecule has 1 amide bonds. The number of pyridine rings is 1. The maximum absolute atomic E-state index is 13.0. The molecule has 4 aliphatic rings. The van der Waals surface area contributed by atoms with Crippen LogP contribution in [-0.4, -0.2) is 75.7 Å². The van der Waals surface area contributed by atoms with E-state index in [0.717, 1.165) is 29.8 Å². The Morgan fingerprint density at radius 2 is 2.03 bits per heavy atom. The normalized spacial score (nSPS) is 24.2. The van der Waals surface area contributed by atoms with E-state index in [2.05, 4.69) is 15.0 Å². The summed E-state index contributed by atoms with van der Waals surface area (Å²) >= 11 is 0. The van der Waals surface area contributed by atoms with E-state index in [0.29, 0.717) is 35.9 Å². The first-order valence-corrected chi connectivity index (χ1v) is 11.6. The molecule has 2 fully saturated rings. The first-order valence-electron chi connectivity index (χ1n) is 11.6. The van der Waals surface area contributed by atoms with Crippen molar-refractivity contribution in [3.05, 3.63) is 42.4 Å². The molecule has 1 aliphatic carbocycles. The van der Waals surface area contributed by atoms with E-state index < -0.39 is 0 Å². The van der Waals surface area contributed by atoms with E-state index in [4.69, 9.17) is 29.9 Å². The summed E-state index contributed by atoms with van der Waals surface area (Å²) in [4.78, 5) is 22.5. The van der Waals surface area contributed by atoms with Crippen molar-refractivity contribution in [3.8, 4) is 22.6 Å². The highest BCUT2D eigenvalue weighted by atomic mass is 16.5. The van der Waals surface area contributed by atoms with E-state index in [-0.39, 0.29) is 30.2 Å². The number of nitrogens with one attached hydrogen (secondary N) is 1. The highest BCUT2D eigenvalue weighted by Crippen LogP contribution is 2.36. The van der Waals surface area contributed by atoms with E-state index in [1.165, 1.54) is 10.7 Å². The molecule has 2 aromatic heterocycles. The Kier molecular flexibility index (Phi) is 5.39. The molecule has 6 rings (SSSR count). The molecular formula is C24H27N7O4. The summed E-state index contributed by atoms with van der Waals surface area (Å²) in [5, 5.41) is 7.31. The minimum Gasteiger partial charge on any atom is -0.384 e. The number of methoxy groups -OCH3 is 2. The van der Waals surface area contributed by atoms with Gasteiger partial charge in [0.2, 0.25) is 0 Å². The Balaban J connectivity index is 1.36. The standard InChI is InChI=1S/C24H27N7O4/c1-33-19-6-5-16(19)29-24(32)15-10-27-31-21(25)8-17(28-23(15)31)14-9-26-22-13(14)4-3-7-30(22)18-11-35-12-20(18)34-2/h3-4,7-10,16,18-20H,5-6,11-12,25H2,1-2H3,(H,29,32)/t16?,18-,19-,20-/m0/s1. The largest absolute Gasteiger partial charge is 0.384 e. The second-order valence-corrected chi connectivity index (χ2v) is 8.99. The first kappa shape index (κ1) is 22.0. The Labute approximate surface area is 201 Å². The van der Waals surface area contributed by atoms with Crippen LogP contribution in [0.5, 0.6) is 0 Å². The molecule has 0 aromatic carbocycles. The van der Waals surface area contributed by atoms with Crippen LogP contribution < -0.4 is 11.1 Å². The number of anilines is 1. The number of rotatable bonds is 6.